The van der Waals surface area contributed by atoms with Crippen molar-refractivity contribution < 1.29 is 18.3 Å². The van der Waals surface area contributed by atoms with Crippen LogP contribution in [-0.4, -0.2) is 33.3 Å². The van der Waals surface area contributed by atoms with Crippen LogP contribution in [0.1, 0.15) is 18.7 Å². The van der Waals surface area contributed by atoms with Gasteiger partial charge in [-0.05, 0) is 18.1 Å². The van der Waals surface area contributed by atoms with E-state index in [4.69, 9.17) is 9.84 Å². The van der Waals surface area contributed by atoms with E-state index in [-0.39, 0.29) is 17.4 Å². The Balaban J connectivity index is 2.40. The molecule has 0 saturated carbocycles. The molecule has 0 atom stereocenters. The lowest BCUT2D eigenvalue weighted by Gasteiger charge is -2.07. The predicted molar refractivity (Wildman–Crippen MR) is 71.1 cm³/mol. The smallest absolute Gasteiger partial charge is 0.250 e. The fourth-order valence-corrected chi connectivity index (χ4v) is 3.50. The van der Waals surface area contributed by atoms with Crippen molar-refractivity contribution in [2.75, 3.05) is 19.8 Å². The number of aliphatic hydroxyl groups is 1. The average Bonchev–Trinajstić information content (AvgIpc) is 2.77. The van der Waals surface area contributed by atoms with Crippen LogP contribution >= 0.6 is 11.3 Å². The highest BCUT2D eigenvalue weighted by Gasteiger charge is 2.15. The summed E-state index contributed by atoms with van der Waals surface area (Å²) in [5, 5.41) is 8.89. The minimum Gasteiger partial charge on any atom is -0.391 e. The van der Waals surface area contributed by atoms with Crippen molar-refractivity contribution >= 4 is 21.4 Å². The van der Waals surface area contributed by atoms with E-state index in [9.17, 15) is 8.42 Å². The second-order valence-corrected chi connectivity index (χ2v) is 7.41. The third-order valence-electron chi connectivity index (χ3n) is 2.05. The van der Waals surface area contributed by atoms with E-state index in [1.807, 2.05) is 13.8 Å². The molecule has 1 aromatic heterocycles. The van der Waals surface area contributed by atoms with E-state index in [1.54, 1.807) is 6.07 Å². The van der Waals surface area contributed by atoms with Gasteiger partial charge in [0.1, 0.15) is 4.21 Å². The van der Waals surface area contributed by atoms with Crippen LogP contribution in [0.25, 0.3) is 0 Å². The fraction of sp³-hybridized carbons (Fsp3) is 0.636. The van der Waals surface area contributed by atoms with Crippen LogP contribution in [0.4, 0.5) is 0 Å². The molecule has 104 valence electrons. The molecule has 1 aromatic rings. The first-order valence-electron chi connectivity index (χ1n) is 5.72. The number of thiophene rings is 1. The van der Waals surface area contributed by atoms with Crippen LogP contribution in [0, 0.1) is 5.92 Å². The van der Waals surface area contributed by atoms with Crippen molar-refractivity contribution in [2.45, 2.75) is 24.7 Å². The minimum atomic E-state index is -3.47. The first-order valence-corrected chi connectivity index (χ1v) is 8.02. The molecule has 0 amide bonds. The normalized spacial score (nSPS) is 12.2. The van der Waals surface area contributed by atoms with Crippen molar-refractivity contribution in [3.8, 4) is 0 Å². The van der Waals surface area contributed by atoms with Gasteiger partial charge in [0.05, 0.1) is 13.2 Å². The lowest BCUT2D eigenvalue weighted by Crippen LogP contribution is -2.27. The Bertz CT molecular complexity index is 453. The molecule has 0 fully saturated rings. The van der Waals surface area contributed by atoms with Crippen molar-refractivity contribution in [3.05, 3.63) is 17.0 Å². The number of nitrogens with one attached hydrogen (secondary N) is 1. The number of sulfonamides is 1. The molecule has 0 aromatic carbocycles. The molecule has 1 heterocycles. The Kier molecular flexibility index (Phi) is 6.24. The zero-order valence-corrected chi connectivity index (χ0v) is 12.2. The maximum Gasteiger partial charge on any atom is 0.250 e. The van der Waals surface area contributed by atoms with Crippen LogP contribution in [0.15, 0.2) is 16.3 Å². The molecule has 0 radical (unpaired) electrons. The third kappa shape index (κ3) is 5.03. The summed E-state index contributed by atoms with van der Waals surface area (Å²) in [5.41, 5.74) is 0. The summed E-state index contributed by atoms with van der Waals surface area (Å²) in [6.45, 7) is 5.16. The Hall–Kier alpha value is -0.470. The molecule has 0 aliphatic rings. The second-order valence-electron chi connectivity index (χ2n) is 4.25. The number of ether oxygens (including phenoxy) is 1. The maximum atomic E-state index is 11.8. The number of aliphatic hydroxyl groups excluding tert-OH is 1. The van der Waals surface area contributed by atoms with Gasteiger partial charge in [-0.2, -0.15) is 0 Å². The quantitative estimate of drug-likeness (QED) is 0.706. The highest BCUT2D eigenvalue weighted by Crippen LogP contribution is 2.20. The lowest BCUT2D eigenvalue weighted by molar-refractivity contribution is 0.114. The third-order valence-corrected chi connectivity index (χ3v) is 5.07. The maximum absolute atomic E-state index is 11.8. The lowest BCUT2D eigenvalue weighted by atomic mass is 10.2. The highest BCUT2D eigenvalue weighted by molar-refractivity contribution is 7.91. The summed E-state index contributed by atoms with van der Waals surface area (Å²) in [7, 11) is -3.47. The van der Waals surface area contributed by atoms with Crippen LogP contribution in [0.5, 0.6) is 0 Å². The van der Waals surface area contributed by atoms with E-state index in [0.29, 0.717) is 24.0 Å². The summed E-state index contributed by atoms with van der Waals surface area (Å²) >= 11 is 1.07. The van der Waals surface area contributed by atoms with E-state index in [1.165, 1.54) is 6.07 Å². The summed E-state index contributed by atoms with van der Waals surface area (Å²) in [6.07, 6.45) is 0. The fourth-order valence-electron chi connectivity index (χ4n) is 1.23. The molecule has 0 saturated heterocycles. The molecule has 0 spiro atoms. The van der Waals surface area contributed by atoms with Crippen molar-refractivity contribution in [1.29, 1.82) is 0 Å². The van der Waals surface area contributed by atoms with Gasteiger partial charge in [0.15, 0.2) is 0 Å². The first kappa shape index (κ1) is 15.6. The molecule has 0 unspecified atom stereocenters. The van der Waals surface area contributed by atoms with Crippen molar-refractivity contribution in [2.24, 2.45) is 5.92 Å². The second kappa shape index (κ2) is 7.20. The molecule has 0 aliphatic heterocycles. The Morgan fingerprint density at radius 2 is 2.17 bits per heavy atom. The summed E-state index contributed by atoms with van der Waals surface area (Å²) in [6, 6.07) is 3.10. The van der Waals surface area contributed by atoms with Gasteiger partial charge >= 0.3 is 0 Å². The van der Waals surface area contributed by atoms with Gasteiger partial charge in [0, 0.05) is 18.0 Å². The summed E-state index contributed by atoms with van der Waals surface area (Å²) in [4.78, 5) is 0.631. The van der Waals surface area contributed by atoms with E-state index in [0.717, 1.165) is 11.3 Å². The van der Waals surface area contributed by atoms with E-state index < -0.39 is 10.0 Å². The zero-order chi connectivity index (χ0) is 13.6. The van der Waals surface area contributed by atoms with Crippen molar-refractivity contribution in [1.82, 2.24) is 4.72 Å². The molecular formula is C11H19NO4S2. The standard InChI is InChI=1S/C11H19NO4S2/c1-9(2)8-16-6-5-12-18(14,15)11-4-3-10(7-13)17-11/h3-4,9,12-13H,5-8H2,1-2H3. The van der Waals surface area contributed by atoms with Gasteiger partial charge in [-0.3, -0.25) is 0 Å². The first-order chi connectivity index (χ1) is 8.45. The monoisotopic (exact) mass is 293 g/mol. The Morgan fingerprint density at radius 3 is 2.72 bits per heavy atom. The average molecular weight is 293 g/mol. The molecular weight excluding hydrogens is 274 g/mol. The predicted octanol–water partition coefficient (Wildman–Crippen LogP) is 1.19. The summed E-state index contributed by atoms with van der Waals surface area (Å²) in [5.74, 6) is 0.436. The van der Waals surface area contributed by atoms with Gasteiger partial charge in [0.25, 0.3) is 0 Å². The minimum absolute atomic E-state index is 0.141. The van der Waals surface area contributed by atoms with E-state index >= 15 is 0 Å². The van der Waals surface area contributed by atoms with Crippen molar-refractivity contribution in [3.63, 3.8) is 0 Å². The Morgan fingerprint density at radius 1 is 1.44 bits per heavy atom. The molecule has 7 heteroatoms. The molecule has 5 nitrogen and oxygen atoms in total. The van der Waals surface area contributed by atoms with Crippen LogP contribution in [-0.2, 0) is 21.4 Å². The van der Waals surface area contributed by atoms with Crippen LogP contribution < -0.4 is 4.72 Å². The van der Waals surface area contributed by atoms with Crippen LogP contribution in [0.3, 0.4) is 0 Å². The molecule has 1 rings (SSSR count). The van der Waals surface area contributed by atoms with Gasteiger partial charge in [-0.15, -0.1) is 11.3 Å². The Labute approximate surface area is 112 Å². The highest BCUT2D eigenvalue weighted by atomic mass is 32.2. The molecule has 0 bridgehead atoms. The number of hydrogen-bond acceptors (Lipinski definition) is 5. The van der Waals surface area contributed by atoms with Gasteiger partial charge < -0.3 is 9.84 Å². The van der Waals surface area contributed by atoms with Gasteiger partial charge in [-0.25, -0.2) is 13.1 Å². The van der Waals surface area contributed by atoms with Gasteiger partial charge in [0.2, 0.25) is 10.0 Å². The largest absolute Gasteiger partial charge is 0.391 e. The zero-order valence-electron chi connectivity index (χ0n) is 10.5. The van der Waals surface area contributed by atoms with E-state index in [2.05, 4.69) is 4.72 Å². The topological polar surface area (TPSA) is 75.6 Å². The number of hydrogen-bond donors (Lipinski definition) is 2. The molecule has 2 N–H and O–H groups in total. The summed E-state index contributed by atoms with van der Waals surface area (Å²) < 4.78 is 31.6. The molecule has 18 heavy (non-hydrogen) atoms. The van der Waals surface area contributed by atoms with Crippen LogP contribution in [0.2, 0.25) is 0 Å². The molecule has 0 aliphatic carbocycles. The van der Waals surface area contributed by atoms with Gasteiger partial charge in [-0.1, -0.05) is 13.8 Å². The number of rotatable bonds is 8. The SMILES string of the molecule is CC(C)COCCNS(=O)(=O)c1ccc(CO)s1.